The Morgan fingerprint density at radius 2 is 1.52 bits per heavy atom. The summed E-state index contributed by atoms with van der Waals surface area (Å²) in [5.74, 6) is 1.18. The average Bonchev–Trinajstić information content (AvgIpc) is 2.54. The second-order valence-corrected chi connectivity index (χ2v) is 6.97. The van der Waals surface area contributed by atoms with Crippen molar-refractivity contribution in [1.29, 1.82) is 0 Å². The highest BCUT2D eigenvalue weighted by atomic mass is 32.2. The van der Waals surface area contributed by atoms with Crippen LogP contribution in [0.4, 0.5) is 0 Å². The lowest BCUT2D eigenvalue weighted by Gasteiger charge is -2.15. The first-order valence-corrected chi connectivity index (χ1v) is 9.70. The molecule has 2 heteroatoms. The van der Waals surface area contributed by atoms with Gasteiger partial charge in [-0.2, -0.15) is 0 Å². The van der Waals surface area contributed by atoms with Crippen molar-refractivity contribution < 1.29 is 0 Å². The third-order valence-corrected chi connectivity index (χ3v) is 5.18. The van der Waals surface area contributed by atoms with E-state index in [-0.39, 0.29) is 0 Å². The summed E-state index contributed by atoms with van der Waals surface area (Å²) in [5, 5.41) is 3.47. The van der Waals surface area contributed by atoms with Crippen LogP contribution in [0.1, 0.15) is 64.7 Å². The van der Waals surface area contributed by atoms with Gasteiger partial charge in [0.15, 0.2) is 0 Å². The number of rotatable bonds is 13. The maximum absolute atomic E-state index is 3.47. The SMILES string of the molecule is CCCCCCCCCCC(CSc1ccccc1)NC. The molecule has 1 unspecified atom stereocenters. The molecule has 0 saturated heterocycles. The zero-order valence-corrected chi connectivity index (χ0v) is 14.8. The minimum absolute atomic E-state index is 0.648. The molecule has 0 aliphatic rings. The van der Waals surface area contributed by atoms with Crippen LogP contribution in [0.2, 0.25) is 0 Å². The molecule has 0 aliphatic carbocycles. The molecule has 0 radical (unpaired) electrons. The normalized spacial score (nSPS) is 12.5. The van der Waals surface area contributed by atoms with Crippen LogP contribution in [0.25, 0.3) is 0 Å². The number of nitrogens with one attached hydrogen (secondary N) is 1. The van der Waals surface area contributed by atoms with Crippen molar-refractivity contribution in [2.75, 3.05) is 12.8 Å². The number of thioether (sulfide) groups is 1. The summed E-state index contributed by atoms with van der Waals surface area (Å²) in [5.41, 5.74) is 0. The van der Waals surface area contributed by atoms with Gasteiger partial charge in [0, 0.05) is 16.7 Å². The Bertz CT molecular complexity index is 326. The third-order valence-electron chi connectivity index (χ3n) is 4.01. The highest BCUT2D eigenvalue weighted by Crippen LogP contribution is 2.20. The lowest BCUT2D eigenvalue weighted by atomic mass is 10.1. The van der Waals surface area contributed by atoms with Crippen molar-refractivity contribution in [3.63, 3.8) is 0 Å². The van der Waals surface area contributed by atoms with Gasteiger partial charge in [-0.1, -0.05) is 76.5 Å². The fraction of sp³-hybridized carbons (Fsp3) is 0.684. The van der Waals surface area contributed by atoms with E-state index in [2.05, 4.69) is 49.6 Å². The summed E-state index contributed by atoms with van der Waals surface area (Å²) in [6.45, 7) is 2.28. The number of benzene rings is 1. The third kappa shape index (κ3) is 9.97. The first-order valence-electron chi connectivity index (χ1n) is 8.72. The van der Waals surface area contributed by atoms with Crippen LogP contribution in [-0.4, -0.2) is 18.8 Å². The Morgan fingerprint density at radius 1 is 0.905 bits per heavy atom. The molecule has 0 aliphatic heterocycles. The van der Waals surface area contributed by atoms with Crippen molar-refractivity contribution in [2.24, 2.45) is 0 Å². The Hall–Kier alpha value is -0.470. The minimum atomic E-state index is 0.648. The molecule has 0 bridgehead atoms. The Kier molecular flexibility index (Phi) is 11.7. The van der Waals surface area contributed by atoms with E-state index in [1.807, 2.05) is 11.8 Å². The highest BCUT2D eigenvalue weighted by Gasteiger charge is 2.06. The molecule has 1 rings (SSSR count). The summed E-state index contributed by atoms with van der Waals surface area (Å²) in [6, 6.07) is 11.4. The predicted molar refractivity (Wildman–Crippen MR) is 97.2 cm³/mol. The van der Waals surface area contributed by atoms with Gasteiger partial charge in [-0.05, 0) is 25.6 Å². The van der Waals surface area contributed by atoms with Gasteiger partial charge in [0.25, 0.3) is 0 Å². The van der Waals surface area contributed by atoms with E-state index in [1.54, 1.807) is 0 Å². The van der Waals surface area contributed by atoms with E-state index in [4.69, 9.17) is 0 Å². The maximum Gasteiger partial charge on any atom is 0.0158 e. The molecular weight excluding hydrogens is 274 g/mol. The molecule has 0 heterocycles. The molecule has 0 fully saturated rings. The average molecular weight is 308 g/mol. The quantitative estimate of drug-likeness (QED) is 0.360. The molecular formula is C19H33NS. The summed E-state index contributed by atoms with van der Waals surface area (Å²) >= 11 is 1.97. The lowest BCUT2D eigenvalue weighted by Crippen LogP contribution is -2.27. The van der Waals surface area contributed by atoms with Crippen LogP contribution >= 0.6 is 11.8 Å². The number of hydrogen-bond donors (Lipinski definition) is 1. The smallest absolute Gasteiger partial charge is 0.0158 e. The minimum Gasteiger partial charge on any atom is -0.316 e. The predicted octanol–water partition coefficient (Wildman–Crippen LogP) is 5.90. The molecule has 1 N–H and O–H groups in total. The Morgan fingerprint density at radius 3 is 2.14 bits per heavy atom. The zero-order chi connectivity index (χ0) is 15.2. The molecule has 1 nitrogen and oxygen atoms in total. The summed E-state index contributed by atoms with van der Waals surface area (Å²) in [7, 11) is 2.10. The second kappa shape index (κ2) is 13.2. The van der Waals surface area contributed by atoms with Gasteiger partial charge in [0.2, 0.25) is 0 Å². The van der Waals surface area contributed by atoms with E-state index in [0.717, 1.165) is 0 Å². The van der Waals surface area contributed by atoms with E-state index in [0.29, 0.717) is 6.04 Å². The van der Waals surface area contributed by atoms with Gasteiger partial charge in [0.05, 0.1) is 0 Å². The Balaban J connectivity index is 2.01. The van der Waals surface area contributed by atoms with Crippen molar-refractivity contribution in [2.45, 2.75) is 75.6 Å². The molecule has 0 amide bonds. The zero-order valence-electron chi connectivity index (χ0n) is 13.9. The van der Waals surface area contributed by atoms with Crippen LogP contribution in [0, 0.1) is 0 Å². The van der Waals surface area contributed by atoms with Gasteiger partial charge >= 0.3 is 0 Å². The topological polar surface area (TPSA) is 12.0 Å². The van der Waals surface area contributed by atoms with Gasteiger partial charge in [0.1, 0.15) is 0 Å². The first-order chi connectivity index (χ1) is 10.4. The van der Waals surface area contributed by atoms with Crippen LogP contribution in [0.3, 0.4) is 0 Å². The van der Waals surface area contributed by atoms with Crippen LogP contribution in [0.5, 0.6) is 0 Å². The molecule has 1 atom stereocenters. The van der Waals surface area contributed by atoms with E-state index in [9.17, 15) is 0 Å². The number of unbranched alkanes of at least 4 members (excludes halogenated alkanes) is 7. The molecule has 0 saturated carbocycles. The van der Waals surface area contributed by atoms with Crippen LogP contribution in [0.15, 0.2) is 35.2 Å². The second-order valence-electron chi connectivity index (χ2n) is 5.87. The molecule has 0 aromatic heterocycles. The van der Waals surface area contributed by atoms with Gasteiger partial charge in [-0.25, -0.2) is 0 Å². The summed E-state index contributed by atoms with van der Waals surface area (Å²) in [4.78, 5) is 1.38. The first kappa shape index (κ1) is 18.6. The summed E-state index contributed by atoms with van der Waals surface area (Å²) < 4.78 is 0. The largest absolute Gasteiger partial charge is 0.316 e. The van der Waals surface area contributed by atoms with Gasteiger partial charge < -0.3 is 5.32 Å². The van der Waals surface area contributed by atoms with Crippen molar-refractivity contribution in [3.8, 4) is 0 Å². The van der Waals surface area contributed by atoms with Crippen LogP contribution in [-0.2, 0) is 0 Å². The fourth-order valence-electron chi connectivity index (χ4n) is 2.55. The van der Waals surface area contributed by atoms with Gasteiger partial charge in [-0.3, -0.25) is 0 Å². The van der Waals surface area contributed by atoms with E-state index in [1.165, 1.54) is 68.4 Å². The molecule has 0 spiro atoms. The van der Waals surface area contributed by atoms with Gasteiger partial charge in [-0.15, -0.1) is 11.8 Å². The van der Waals surface area contributed by atoms with E-state index >= 15 is 0 Å². The molecule has 1 aromatic rings. The van der Waals surface area contributed by atoms with Crippen LogP contribution < -0.4 is 5.32 Å². The molecule has 120 valence electrons. The Labute approximate surface area is 136 Å². The summed E-state index contributed by atoms with van der Waals surface area (Å²) in [6.07, 6.45) is 12.6. The van der Waals surface area contributed by atoms with Crippen molar-refractivity contribution >= 4 is 11.8 Å². The highest BCUT2D eigenvalue weighted by molar-refractivity contribution is 7.99. The number of hydrogen-bond acceptors (Lipinski definition) is 2. The fourth-order valence-corrected chi connectivity index (χ4v) is 3.63. The van der Waals surface area contributed by atoms with Crippen molar-refractivity contribution in [1.82, 2.24) is 5.32 Å². The monoisotopic (exact) mass is 307 g/mol. The van der Waals surface area contributed by atoms with E-state index < -0.39 is 0 Å². The molecule has 21 heavy (non-hydrogen) atoms. The standard InChI is InChI=1S/C19H33NS/c1-3-4-5-6-7-8-9-11-14-18(20-2)17-21-19-15-12-10-13-16-19/h10,12-13,15-16,18,20H,3-9,11,14,17H2,1-2H3. The maximum atomic E-state index is 3.47. The molecule has 1 aromatic carbocycles. The lowest BCUT2D eigenvalue weighted by molar-refractivity contribution is 0.509. The van der Waals surface area contributed by atoms with Crippen molar-refractivity contribution in [3.05, 3.63) is 30.3 Å².